The lowest BCUT2D eigenvalue weighted by molar-refractivity contribution is -0.274. The molecule has 0 saturated carbocycles. The molecule has 0 radical (unpaired) electrons. The number of hydrogen-bond acceptors (Lipinski definition) is 6. The second-order valence-corrected chi connectivity index (χ2v) is 8.99. The monoisotopic (exact) mass is 462 g/mol. The highest BCUT2D eigenvalue weighted by Gasteiger charge is 2.31. The summed E-state index contributed by atoms with van der Waals surface area (Å²) in [5.41, 5.74) is 0. The summed E-state index contributed by atoms with van der Waals surface area (Å²) in [5.74, 6) is 0.342. The van der Waals surface area contributed by atoms with E-state index in [1.54, 1.807) is 6.26 Å². The van der Waals surface area contributed by atoms with Crippen LogP contribution in [0.15, 0.2) is 52.0 Å². The molecule has 1 aliphatic rings. The molecular formula is C20H25F3N2O5S. The molecule has 0 bridgehead atoms. The van der Waals surface area contributed by atoms with Gasteiger partial charge in [-0.15, -0.1) is 13.2 Å². The Labute approximate surface area is 179 Å². The molecule has 172 valence electrons. The van der Waals surface area contributed by atoms with Gasteiger partial charge in [-0.2, -0.15) is 0 Å². The van der Waals surface area contributed by atoms with Gasteiger partial charge < -0.3 is 13.9 Å². The second-order valence-electron chi connectivity index (χ2n) is 7.22. The molecule has 0 unspecified atom stereocenters. The number of halogens is 3. The lowest BCUT2D eigenvalue weighted by atomic mass is 10.2. The maximum Gasteiger partial charge on any atom is 0.573 e. The van der Waals surface area contributed by atoms with Crippen molar-refractivity contribution in [2.45, 2.75) is 43.2 Å². The first kappa shape index (κ1) is 23.6. The lowest BCUT2D eigenvalue weighted by Crippen LogP contribution is -2.34. The molecule has 11 heteroatoms. The SMILES string of the molecule is O=S(=O)(NCCCN(Cc1ccco1)C[C@@H]1CCCO1)c1ccc(OC(F)(F)F)cc1. The van der Waals surface area contributed by atoms with Gasteiger partial charge in [0.25, 0.3) is 0 Å². The maximum absolute atomic E-state index is 12.4. The van der Waals surface area contributed by atoms with Crippen molar-refractivity contribution in [2.24, 2.45) is 0 Å². The number of rotatable bonds is 11. The summed E-state index contributed by atoms with van der Waals surface area (Å²) in [4.78, 5) is 2.03. The minimum absolute atomic E-state index is 0.131. The smallest absolute Gasteiger partial charge is 0.468 e. The number of sulfonamides is 1. The fourth-order valence-corrected chi connectivity index (χ4v) is 4.42. The summed E-state index contributed by atoms with van der Waals surface area (Å²) < 4.78 is 78.8. The minimum Gasteiger partial charge on any atom is -0.468 e. The van der Waals surface area contributed by atoms with Crippen molar-refractivity contribution in [2.75, 3.05) is 26.2 Å². The third-order valence-corrected chi connectivity index (χ3v) is 6.23. The Kier molecular flexibility index (Phi) is 7.98. The molecule has 1 aromatic carbocycles. The zero-order valence-electron chi connectivity index (χ0n) is 16.8. The maximum atomic E-state index is 12.4. The molecule has 3 rings (SSSR count). The minimum atomic E-state index is -4.83. The number of alkyl halides is 3. The predicted molar refractivity (Wildman–Crippen MR) is 106 cm³/mol. The van der Waals surface area contributed by atoms with E-state index >= 15 is 0 Å². The first-order valence-corrected chi connectivity index (χ1v) is 11.4. The Morgan fingerprint density at radius 2 is 1.97 bits per heavy atom. The van der Waals surface area contributed by atoms with Crippen molar-refractivity contribution in [3.05, 3.63) is 48.4 Å². The molecule has 1 N–H and O–H groups in total. The number of hydrogen-bond donors (Lipinski definition) is 1. The topological polar surface area (TPSA) is 81.0 Å². The van der Waals surface area contributed by atoms with E-state index in [1.165, 1.54) is 0 Å². The highest BCUT2D eigenvalue weighted by molar-refractivity contribution is 7.89. The van der Waals surface area contributed by atoms with Crippen LogP contribution in [-0.4, -0.2) is 52.0 Å². The van der Waals surface area contributed by atoms with Gasteiger partial charge in [0, 0.05) is 19.7 Å². The van der Waals surface area contributed by atoms with Crippen LogP contribution < -0.4 is 9.46 Å². The van der Waals surface area contributed by atoms with Gasteiger partial charge in [-0.3, -0.25) is 4.90 Å². The summed E-state index contributed by atoms with van der Waals surface area (Å²) in [6.45, 7) is 2.89. The molecule has 0 spiro atoms. The van der Waals surface area contributed by atoms with Crippen molar-refractivity contribution >= 4 is 10.0 Å². The molecule has 2 heterocycles. The third-order valence-electron chi connectivity index (χ3n) is 4.76. The number of nitrogens with zero attached hydrogens (tertiary/aromatic N) is 1. The van der Waals surface area contributed by atoms with E-state index < -0.39 is 22.1 Å². The molecule has 0 amide bonds. The summed E-state index contributed by atoms with van der Waals surface area (Å²) in [7, 11) is -3.84. The van der Waals surface area contributed by atoms with Crippen LogP contribution in [0, 0.1) is 0 Å². The Bertz CT molecular complexity index is 896. The van der Waals surface area contributed by atoms with Gasteiger partial charge >= 0.3 is 6.36 Å². The van der Waals surface area contributed by atoms with E-state index in [4.69, 9.17) is 9.15 Å². The Hall–Kier alpha value is -2.08. The quantitative estimate of drug-likeness (QED) is 0.515. The van der Waals surface area contributed by atoms with Crippen LogP contribution in [0.5, 0.6) is 5.75 Å². The van der Waals surface area contributed by atoms with Gasteiger partial charge in [-0.1, -0.05) is 0 Å². The molecule has 0 aliphatic carbocycles. The van der Waals surface area contributed by atoms with Crippen molar-refractivity contribution in [3.63, 3.8) is 0 Å². The Morgan fingerprint density at radius 3 is 2.58 bits per heavy atom. The largest absolute Gasteiger partial charge is 0.573 e. The molecule has 1 fully saturated rings. The number of furan rings is 1. The van der Waals surface area contributed by atoms with Gasteiger partial charge in [0.15, 0.2) is 0 Å². The second kappa shape index (κ2) is 10.5. The summed E-state index contributed by atoms with van der Waals surface area (Å²) in [6.07, 6.45) is -0.491. The number of nitrogens with one attached hydrogen (secondary N) is 1. The average Bonchev–Trinajstić information content (AvgIpc) is 3.38. The molecule has 1 atom stereocenters. The summed E-state index contributed by atoms with van der Waals surface area (Å²) >= 11 is 0. The zero-order valence-corrected chi connectivity index (χ0v) is 17.6. The van der Waals surface area contributed by atoms with E-state index in [2.05, 4.69) is 14.4 Å². The number of ether oxygens (including phenoxy) is 2. The Balaban J connectivity index is 1.49. The van der Waals surface area contributed by atoms with Crippen LogP contribution in [0.3, 0.4) is 0 Å². The standard InChI is InChI=1S/C20H25F3N2O5S/c21-20(22,23)30-16-6-8-19(9-7-16)31(26,27)24-10-3-11-25(14-17-4-1-12-28-17)15-18-5-2-13-29-18/h1,4,6-9,12,18,24H,2-3,5,10-11,13-15H2/t18-/m0/s1. The van der Waals surface area contributed by atoms with Crippen molar-refractivity contribution in [1.82, 2.24) is 9.62 Å². The molecule has 1 aromatic heterocycles. The normalized spacial score (nSPS) is 17.4. The predicted octanol–water partition coefficient (Wildman–Crippen LogP) is 3.53. The van der Waals surface area contributed by atoms with E-state index in [0.29, 0.717) is 19.5 Å². The average molecular weight is 462 g/mol. The van der Waals surface area contributed by atoms with Crippen LogP contribution >= 0.6 is 0 Å². The fraction of sp³-hybridized carbons (Fsp3) is 0.500. The lowest BCUT2D eigenvalue weighted by Gasteiger charge is -2.24. The first-order chi connectivity index (χ1) is 14.7. The van der Waals surface area contributed by atoms with E-state index in [1.807, 2.05) is 12.1 Å². The van der Waals surface area contributed by atoms with Crippen molar-refractivity contribution in [3.8, 4) is 5.75 Å². The van der Waals surface area contributed by atoms with Gasteiger partial charge in [0.05, 0.1) is 23.8 Å². The fourth-order valence-electron chi connectivity index (χ4n) is 3.35. The van der Waals surface area contributed by atoms with Crippen molar-refractivity contribution < 1.29 is 35.5 Å². The van der Waals surface area contributed by atoms with Crippen LogP contribution in [0.25, 0.3) is 0 Å². The first-order valence-electron chi connectivity index (χ1n) is 9.93. The highest BCUT2D eigenvalue weighted by Crippen LogP contribution is 2.24. The van der Waals surface area contributed by atoms with Crippen LogP contribution in [0.1, 0.15) is 25.0 Å². The Morgan fingerprint density at radius 1 is 1.19 bits per heavy atom. The number of benzene rings is 1. The van der Waals surface area contributed by atoms with Crippen LogP contribution in [-0.2, 0) is 21.3 Å². The molecule has 31 heavy (non-hydrogen) atoms. The van der Waals surface area contributed by atoms with E-state index in [9.17, 15) is 21.6 Å². The molecular weight excluding hydrogens is 437 g/mol. The highest BCUT2D eigenvalue weighted by atomic mass is 32.2. The van der Waals surface area contributed by atoms with Crippen LogP contribution in [0.2, 0.25) is 0 Å². The van der Waals surface area contributed by atoms with Gasteiger partial charge in [-0.05, 0) is 62.2 Å². The molecule has 2 aromatic rings. The van der Waals surface area contributed by atoms with Crippen molar-refractivity contribution in [1.29, 1.82) is 0 Å². The van der Waals surface area contributed by atoms with Gasteiger partial charge in [0.2, 0.25) is 10.0 Å². The third kappa shape index (κ3) is 7.84. The van der Waals surface area contributed by atoms with E-state index in [-0.39, 0.29) is 17.5 Å². The van der Waals surface area contributed by atoms with Crippen LogP contribution in [0.4, 0.5) is 13.2 Å². The molecule has 1 aliphatic heterocycles. The summed E-state index contributed by atoms with van der Waals surface area (Å²) in [5, 5.41) is 0. The van der Waals surface area contributed by atoms with Gasteiger partial charge in [-0.25, -0.2) is 13.1 Å². The zero-order chi connectivity index (χ0) is 22.3. The van der Waals surface area contributed by atoms with Gasteiger partial charge in [0.1, 0.15) is 11.5 Å². The summed E-state index contributed by atoms with van der Waals surface area (Å²) in [6, 6.07) is 7.79. The molecule has 1 saturated heterocycles. The van der Waals surface area contributed by atoms with E-state index in [0.717, 1.165) is 56.0 Å². The molecule has 7 nitrogen and oxygen atoms in total.